The van der Waals surface area contributed by atoms with Gasteiger partial charge in [0.05, 0.1) is 0 Å². The van der Waals surface area contributed by atoms with Gasteiger partial charge in [-0.2, -0.15) is 0 Å². The summed E-state index contributed by atoms with van der Waals surface area (Å²) in [5.74, 6) is 0. The molecule has 1 radical (unpaired) electrons. The van der Waals surface area contributed by atoms with Crippen molar-refractivity contribution < 1.29 is 4.74 Å². The van der Waals surface area contributed by atoms with Gasteiger partial charge in [0.1, 0.15) is 0 Å². The minimum absolute atomic E-state index is 0.976. The van der Waals surface area contributed by atoms with Crippen LogP contribution in [0.15, 0.2) is 0 Å². The van der Waals surface area contributed by atoms with E-state index in [1.54, 1.807) is 0 Å². The number of unbranched alkanes of at least 4 members (excludes halogenated alkanes) is 11. The van der Waals surface area contributed by atoms with Crippen LogP contribution >= 0.6 is 0 Å². The van der Waals surface area contributed by atoms with Gasteiger partial charge in [-0.15, -0.1) is 0 Å². The summed E-state index contributed by atoms with van der Waals surface area (Å²) in [6.07, 6.45) is 17.3. The van der Waals surface area contributed by atoms with Crippen LogP contribution in [-0.4, -0.2) is 13.2 Å². The molecular weight excluding hydrogens is 220 g/mol. The van der Waals surface area contributed by atoms with Crippen molar-refractivity contribution in [2.24, 2.45) is 0 Å². The van der Waals surface area contributed by atoms with E-state index in [0.29, 0.717) is 0 Å². The summed E-state index contributed by atoms with van der Waals surface area (Å²) in [6, 6.07) is 0. The second-order valence-electron chi connectivity index (χ2n) is 5.36. The van der Waals surface area contributed by atoms with Gasteiger partial charge in [0.15, 0.2) is 0 Å². The van der Waals surface area contributed by atoms with Gasteiger partial charge in [0.2, 0.25) is 0 Å². The van der Waals surface area contributed by atoms with Gasteiger partial charge in [0, 0.05) is 13.2 Å². The van der Waals surface area contributed by atoms with Crippen molar-refractivity contribution in [1.82, 2.24) is 0 Å². The Morgan fingerprint density at radius 2 is 1.06 bits per heavy atom. The van der Waals surface area contributed by atoms with Crippen LogP contribution < -0.4 is 0 Å². The Kier molecular flexibility index (Phi) is 16.9. The molecule has 18 heavy (non-hydrogen) atoms. The summed E-state index contributed by atoms with van der Waals surface area (Å²) in [4.78, 5) is 0. The minimum Gasteiger partial charge on any atom is -0.381 e. The Morgan fingerprint density at radius 3 is 1.56 bits per heavy atom. The van der Waals surface area contributed by atoms with Crippen LogP contribution in [0.4, 0.5) is 0 Å². The molecule has 0 aliphatic heterocycles. The summed E-state index contributed by atoms with van der Waals surface area (Å²) in [5, 5.41) is 0. The van der Waals surface area contributed by atoms with Crippen LogP contribution in [0.3, 0.4) is 0 Å². The molecule has 0 N–H and O–H groups in total. The van der Waals surface area contributed by atoms with E-state index in [9.17, 15) is 0 Å². The summed E-state index contributed by atoms with van der Waals surface area (Å²) in [5.41, 5.74) is 0. The molecule has 0 atom stereocenters. The SMILES string of the molecule is [CH2]CCCCCCCCOCCCCCCCC. The first-order valence-corrected chi connectivity index (χ1v) is 8.28. The van der Waals surface area contributed by atoms with Crippen LogP contribution in [-0.2, 0) is 4.74 Å². The lowest BCUT2D eigenvalue weighted by Crippen LogP contribution is -1.97. The highest BCUT2D eigenvalue weighted by Crippen LogP contribution is 2.07. The Morgan fingerprint density at radius 1 is 0.611 bits per heavy atom. The van der Waals surface area contributed by atoms with Crippen molar-refractivity contribution in [1.29, 1.82) is 0 Å². The number of hydrogen-bond donors (Lipinski definition) is 0. The Bertz CT molecular complexity index is 118. The lowest BCUT2D eigenvalue weighted by Gasteiger charge is -2.04. The van der Waals surface area contributed by atoms with E-state index >= 15 is 0 Å². The molecule has 0 saturated carbocycles. The van der Waals surface area contributed by atoms with Crippen molar-refractivity contribution >= 4 is 0 Å². The highest BCUT2D eigenvalue weighted by molar-refractivity contribution is 4.47. The molecule has 109 valence electrons. The molecule has 0 rings (SSSR count). The smallest absolute Gasteiger partial charge is 0.0466 e. The van der Waals surface area contributed by atoms with Crippen molar-refractivity contribution in [3.05, 3.63) is 6.92 Å². The predicted octanol–water partition coefficient (Wildman–Crippen LogP) is 5.93. The molecule has 0 aromatic heterocycles. The van der Waals surface area contributed by atoms with E-state index in [4.69, 9.17) is 4.74 Å². The van der Waals surface area contributed by atoms with Gasteiger partial charge >= 0.3 is 0 Å². The second-order valence-corrected chi connectivity index (χ2v) is 5.36. The largest absolute Gasteiger partial charge is 0.381 e. The van der Waals surface area contributed by atoms with E-state index in [1.807, 2.05) is 0 Å². The zero-order valence-corrected chi connectivity index (χ0v) is 12.7. The summed E-state index contributed by atoms with van der Waals surface area (Å²) in [6.45, 7) is 8.09. The van der Waals surface area contributed by atoms with E-state index in [1.165, 1.54) is 77.0 Å². The van der Waals surface area contributed by atoms with E-state index in [0.717, 1.165) is 19.6 Å². The molecule has 0 heterocycles. The summed E-state index contributed by atoms with van der Waals surface area (Å²) >= 11 is 0. The Labute approximate surface area is 116 Å². The lowest BCUT2D eigenvalue weighted by molar-refractivity contribution is 0.125. The van der Waals surface area contributed by atoms with Gasteiger partial charge < -0.3 is 4.74 Å². The summed E-state index contributed by atoms with van der Waals surface area (Å²) in [7, 11) is 0. The van der Waals surface area contributed by atoms with Crippen molar-refractivity contribution in [3.63, 3.8) is 0 Å². The first-order chi connectivity index (χ1) is 8.91. The molecule has 0 aliphatic carbocycles. The van der Waals surface area contributed by atoms with Crippen LogP contribution in [0.5, 0.6) is 0 Å². The third-order valence-corrected chi connectivity index (χ3v) is 3.43. The van der Waals surface area contributed by atoms with Crippen LogP contribution in [0.2, 0.25) is 0 Å². The van der Waals surface area contributed by atoms with E-state index in [2.05, 4.69) is 13.8 Å². The zero-order chi connectivity index (χ0) is 13.3. The maximum atomic E-state index is 5.66. The molecule has 0 spiro atoms. The van der Waals surface area contributed by atoms with Crippen LogP contribution in [0.25, 0.3) is 0 Å². The average Bonchev–Trinajstić information content (AvgIpc) is 2.39. The third kappa shape index (κ3) is 16.0. The number of ether oxygens (including phenoxy) is 1. The van der Waals surface area contributed by atoms with Gasteiger partial charge in [-0.25, -0.2) is 0 Å². The fourth-order valence-corrected chi connectivity index (χ4v) is 2.17. The topological polar surface area (TPSA) is 9.23 Å². The van der Waals surface area contributed by atoms with Crippen molar-refractivity contribution in [2.45, 2.75) is 90.4 Å². The first-order valence-electron chi connectivity index (χ1n) is 8.28. The lowest BCUT2D eigenvalue weighted by atomic mass is 10.1. The molecule has 0 aromatic carbocycles. The second kappa shape index (κ2) is 17.0. The van der Waals surface area contributed by atoms with E-state index in [-0.39, 0.29) is 0 Å². The van der Waals surface area contributed by atoms with E-state index < -0.39 is 0 Å². The normalized spacial score (nSPS) is 11.0. The van der Waals surface area contributed by atoms with Gasteiger partial charge in [-0.05, 0) is 12.8 Å². The standard InChI is InChI=1S/C17H35O/c1-3-5-7-9-11-13-15-17-18-16-14-12-10-8-6-4-2/h1,3-17H2,2H3. The molecule has 0 unspecified atom stereocenters. The van der Waals surface area contributed by atoms with Crippen LogP contribution in [0.1, 0.15) is 90.4 Å². The molecule has 0 bridgehead atoms. The fourth-order valence-electron chi connectivity index (χ4n) is 2.17. The molecular formula is C17H35O. The van der Waals surface area contributed by atoms with Gasteiger partial charge in [0.25, 0.3) is 0 Å². The van der Waals surface area contributed by atoms with Gasteiger partial charge in [-0.1, -0.05) is 84.5 Å². The highest BCUT2D eigenvalue weighted by Gasteiger charge is 1.93. The molecule has 0 amide bonds. The molecule has 1 nitrogen and oxygen atoms in total. The Balaban J connectivity index is 2.86. The molecule has 0 saturated heterocycles. The maximum Gasteiger partial charge on any atom is 0.0466 e. The Hall–Kier alpha value is -0.0400. The molecule has 0 aromatic rings. The number of hydrogen-bond acceptors (Lipinski definition) is 1. The van der Waals surface area contributed by atoms with Crippen molar-refractivity contribution in [2.75, 3.05) is 13.2 Å². The minimum atomic E-state index is 0.976. The molecule has 1 heteroatoms. The first kappa shape index (κ1) is 18.0. The van der Waals surface area contributed by atoms with Gasteiger partial charge in [-0.3, -0.25) is 0 Å². The third-order valence-electron chi connectivity index (χ3n) is 3.43. The zero-order valence-electron chi connectivity index (χ0n) is 12.7. The number of rotatable bonds is 15. The quantitative estimate of drug-likeness (QED) is 0.330. The van der Waals surface area contributed by atoms with Crippen molar-refractivity contribution in [3.8, 4) is 0 Å². The fraction of sp³-hybridized carbons (Fsp3) is 0.941. The molecule has 0 aliphatic rings. The maximum absolute atomic E-state index is 5.66. The summed E-state index contributed by atoms with van der Waals surface area (Å²) < 4.78 is 5.66. The monoisotopic (exact) mass is 255 g/mol. The predicted molar refractivity (Wildman–Crippen MR) is 81.9 cm³/mol. The van der Waals surface area contributed by atoms with Crippen LogP contribution in [0, 0.1) is 6.92 Å². The molecule has 0 fully saturated rings. The highest BCUT2D eigenvalue weighted by atomic mass is 16.5. The average molecular weight is 255 g/mol.